The number of nitrogens with one attached hydrogen (secondary N) is 4. The lowest BCUT2D eigenvalue weighted by Crippen LogP contribution is -2.49. The zero-order chi connectivity index (χ0) is 13.7. The summed E-state index contributed by atoms with van der Waals surface area (Å²) < 4.78 is 12.8. The van der Waals surface area contributed by atoms with E-state index in [0.717, 1.165) is 31.6 Å². The number of halogens is 1. The number of rotatable bonds is 1. The van der Waals surface area contributed by atoms with E-state index in [4.69, 9.17) is 10.8 Å². The molecule has 0 spiro atoms. The zero-order valence-corrected chi connectivity index (χ0v) is 10.9. The Labute approximate surface area is 112 Å². The summed E-state index contributed by atoms with van der Waals surface area (Å²) in [6, 6.07) is 0. The molecule has 19 heavy (non-hydrogen) atoms. The summed E-state index contributed by atoms with van der Waals surface area (Å²) in [5.74, 6) is 0.193. The Morgan fingerprint density at radius 3 is 2.47 bits per heavy atom. The maximum Gasteiger partial charge on any atom is 0.199 e. The average Bonchev–Trinajstić information content (AvgIpc) is 2.42. The molecule has 5 nitrogen and oxygen atoms in total. The molecule has 0 bridgehead atoms. The summed E-state index contributed by atoms with van der Waals surface area (Å²) in [7, 11) is 0. The first kappa shape index (κ1) is 13.6. The summed E-state index contributed by atoms with van der Waals surface area (Å²) in [5.41, 5.74) is 0.797. The highest BCUT2D eigenvalue weighted by atomic mass is 19.1. The van der Waals surface area contributed by atoms with Crippen LogP contribution in [0.15, 0.2) is 23.7 Å². The molecule has 0 amide bonds. The van der Waals surface area contributed by atoms with E-state index in [9.17, 15) is 4.39 Å². The molecule has 0 saturated carbocycles. The number of piperidine rings is 1. The predicted octanol–water partition coefficient (Wildman–Crippen LogP) is 2.05. The molecule has 6 heteroatoms. The Balaban J connectivity index is 1.79. The molecule has 0 unspecified atom stereocenters. The smallest absolute Gasteiger partial charge is 0.199 e. The fraction of sp³-hybridized carbons (Fsp3) is 0.538. The van der Waals surface area contributed by atoms with Crippen molar-refractivity contribution in [3.8, 4) is 0 Å². The van der Waals surface area contributed by atoms with Crippen LogP contribution in [0.4, 0.5) is 4.39 Å². The third kappa shape index (κ3) is 4.08. The monoisotopic (exact) mass is 265 g/mol. The van der Waals surface area contributed by atoms with Crippen LogP contribution in [0.5, 0.6) is 0 Å². The van der Waals surface area contributed by atoms with Gasteiger partial charge < -0.3 is 10.2 Å². The molecule has 1 aliphatic carbocycles. The van der Waals surface area contributed by atoms with Crippen molar-refractivity contribution in [2.45, 2.75) is 32.1 Å². The molecule has 0 radical (unpaired) electrons. The van der Waals surface area contributed by atoms with Crippen LogP contribution in [-0.2, 0) is 0 Å². The van der Waals surface area contributed by atoms with Crippen molar-refractivity contribution >= 4 is 11.9 Å². The van der Waals surface area contributed by atoms with Crippen LogP contribution in [0, 0.1) is 10.8 Å². The average molecular weight is 265 g/mol. The number of nitrogens with zero attached hydrogens (tertiary/aromatic N) is 1. The van der Waals surface area contributed by atoms with Gasteiger partial charge in [-0.05, 0) is 37.8 Å². The lowest BCUT2D eigenvalue weighted by molar-refractivity contribution is 0.334. The normalized spacial score (nSPS) is 19.3. The van der Waals surface area contributed by atoms with Gasteiger partial charge in [0.15, 0.2) is 11.9 Å². The highest BCUT2D eigenvalue weighted by Gasteiger charge is 2.15. The van der Waals surface area contributed by atoms with E-state index >= 15 is 0 Å². The van der Waals surface area contributed by atoms with Crippen LogP contribution in [0.1, 0.15) is 32.1 Å². The van der Waals surface area contributed by atoms with Gasteiger partial charge in [0, 0.05) is 25.2 Å². The Hall–Kier alpha value is -1.85. The van der Waals surface area contributed by atoms with Gasteiger partial charge in [0.05, 0.1) is 0 Å². The van der Waals surface area contributed by atoms with Crippen molar-refractivity contribution in [3.05, 3.63) is 23.7 Å². The number of allylic oxidation sites excluding steroid dienone is 4. The zero-order valence-electron chi connectivity index (χ0n) is 10.9. The van der Waals surface area contributed by atoms with Crippen LogP contribution in [0.25, 0.3) is 0 Å². The first-order valence-electron chi connectivity index (χ1n) is 6.66. The molecule has 2 rings (SSSR count). The molecule has 104 valence electrons. The van der Waals surface area contributed by atoms with Gasteiger partial charge in [0.1, 0.15) is 5.83 Å². The molecule has 1 fully saturated rings. The number of guanidine groups is 2. The van der Waals surface area contributed by atoms with E-state index in [-0.39, 0.29) is 17.7 Å². The van der Waals surface area contributed by atoms with Crippen LogP contribution >= 0.6 is 0 Å². The molecule has 0 aromatic carbocycles. The van der Waals surface area contributed by atoms with Gasteiger partial charge in [0.25, 0.3) is 0 Å². The van der Waals surface area contributed by atoms with E-state index in [2.05, 4.69) is 10.6 Å². The van der Waals surface area contributed by atoms with Crippen LogP contribution < -0.4 is 10.6 Å². The molecule has 2 aliphatic rings. The van der Waals surface area contributed by atoms with Crippen LogP contribution in [-0.4, -0.2) is 29.9 Å². The van der Waals surface area contributed by atoms with Crippen molar-refractivity contribution < 1.29 is 4.39 Å². The Morgan fingerprint density at radius 2 is 1.84 bits per heavy atom. The lowest BCUT2D eigenvalue weighted by atomic mass is 10.1. The minimum atomic E-state index is -0.133. The fourth-order valence-electron chi connectivity index (χ4n) is 2.22. The van der Waals surface area contributed by atoms with Gasteiger partial charge in [-0.3, -0.25) is 16.1 Å². The third-order valence-electron chi connectivity index (χ3n) is 3.30. The minimum Gasteiger partial charge on any atom is -0.343 e. The minimum absolute atomic E-state index is 0.0672. The first-order valence-corrected chi connectivity index (χ1v) is 6.66. The van der Waals surface area contributed by atoms with Gasteiger partial charge in [-0.15, -0.1) is 0 Å². The van der Waals surface area contributed by atoms with Crippen LogP contribution in [0.3, 0.4) is 0 Å². The molecule has 0 atom stereocenters. The second-order valence-corrected chi connectivity index (χ2v) is 4.83. The number of hydrogen-bond donors (Lipinski definition) is 4. The first-order chi connectivity index (χ1) is 9.15. The summed E-state index contributed by atoms with van der Waals surface area (Å²) >= 11 is 0. The van der Waals surface area contributed by atoms with Gasteiger partial charge >= 0.3 is 0 Å². The van der Waals surface area contributed by atoms with Crippen molar-refractivity contribution in [1.82, 2.24) is 15.5 Å². The summed E-state index contributed by atoms with van der Waals surface area (Å²) in [6.45, 7) is 1.74. The molecular formula is C13H20FN5. The topological polar surface area (TPSA) is 75.0 Å². The Morgan fingerprint density at radius 1 is 1.11 bits per heavy atom. The van der Waals surface area contributed by atoms with Crippen molar-refractivity contribution in [1.29, 1.82) is 10.8 Å². The quantitative estimate of drug-likeness (QED) is 0.433. The maximum absolute atomic E-state index is 12.8. The molecule has 4 N–H and O–H groups in total. The number of hydrogen-bond acceptors (Lipinski definition) is 2. The molecule has 1 heterocycles. The van der Waals surface area contributed by atoms with Gasteiger partial charge in [0.2, 0.25) is 0 Å². The Kier molecular flexibility index (Phi) is 4.54. The van der Waals surface area contributed by atoms with Crippen molar-refractivity contribution in [2.75, 3.05) is 13.1 Å². The molecule has 1 saturated heterocycles. The SMILES string of the molecule is N=C(NC(=N)N1CCCCC1)NC1=CC=C(F)CC1. The van der Waals surface area contributed by atoms with E-state index in [1.807, 2.05) is 4.90 Å². The van der Waals surface area contributed by atoms with Gasteiger partial charge in [-0.2, -0.15) is 0 Å². The second-order valence-electron chi connectivity index (χ2n) is 4.83. The Bertz CT molecular complexity index is 421. The number of likely N-dealkylation sites (tertiary alicyclic amines) is 1. The largest absolute Gasteiger partial charge is 0.343 e. The van der Waals surface area contributed by atoms with E-state index in [1.54, 1.807) is 6.08 Å². The van der Waals surface area contributed by atoms with E-state index in [1.165, 1.54) is 12.5 Å². The predicted molar refractivity (Wildman–Crippen MR) is 73.7 cm³/mol. The lowest BCUT2D eigenvalue weighted by Gasteiger charge is -2.29. The van der Waals surface area contributed by atoms with Gasteiger partial charge in [-0.25, -0.2) is 4.39 Å². The van der Waals surface area contributed by atoms with E-state index in [0.29, 0.717) is 12.8 Å². The summed E-state index contributed by atoms with van der Waals surface area (Å²) in [6.07, 6.45) is 7.39. The summed E-state index contributed by atoms with van der Waals surface area (Å²) in [4.78, 5) is 1.94. The molecule has 0 aromatic rings. The maximum atomic E-state index is 12.8. The molecule has 0 aromatic heterocycles. The van der Waals surface area contributed by atoms with Gasteiger partial charge in [-0.1, -0.05) is 0 Å². The standard InChI is InChI=1S/C13H20FN5/c14-10-4-6-11(7-5-10)17-12(15)18-13(16)19-8-2-1-3-9-19/h4,6H,1-3,5,7-9H2,(H4,15,16,17,18). The molecular weight excluding hydrogens is 245 g/mol. The van der Waals surface area contributed by atoms with Crippen LogP contribution in [0.2, 0.25) is 0 Å². The fourth-order valence-corrected chi connectivity index (χ4v) is 2.22. The second kappa shape index (κ2) is 6.36. The van der Waals surface area contributed by atoms with E-state index < -0.39 is 0 Å². The highest BCUT2D eigenvalue weighted by Crippen LogP contribution is 2.16. The van der Waals surface area contributed by atoms with Crippen molar-refractivity contribution in [3.63, 3.8) is 0 Å². The summed E-state index contributed by atoms with van der Waals surface area (Å²) in [5, 5.41) is 21.3. The molecule has 1 aliphatic heterocycles. The third-order valence-corrected chi connectivity index (χ3v) is 3.30. The van der Waals surface area contributed by atoms with Crippen molar-refractivity contribution in [2.24, 2.45) is 0 Å². The highest BCUT2D eigenvalue weighted by molar-refractivity contribution is 5.96.